The maximum Gasteiger partial charge on any atom is 0.265 e. The molecule has 23 aromatic carbocycles. The number of hydrogen-bond donors (Lipinski definition) is 0. The Balaban J connectivity index is 0.000000126. The van der Waals surface area contributed by atoms with Crippen LogP contribution in [0.4, 0.5) is 85.3 Å². The Morgan fingerprint density at radius 1 is 0.209 bits per heavy atom. The van der Waals surface area contributed by atoms with Crippen molar-refractivity contribution in [1.82, 2.24) is 13.7 Å². The standard InChI is InChI=1S/C54H36N4.C44H32N2.C38H32N2.BHNP.H3P/c1-7-19-49-43(13-1)44-14-2-8-20-50(44)56(49)40-31-25-37(26-32-40)55(38-27-33-41(34-28-38)57-51-21-9-3-15-45(51)46-16-4-10-22-52(46)57)39-29-35-42(36-30-39)58-53-23-11-5-17-47(53)48-18-6-12-24-54(48)58;1-3-17-37(18-4-1)45(43-23-11-15-35-13-7-9-21-41(35)43)39-29-25-33(26-30-39)34-27-31-40(32-28-34)46(38-19-5-2-6-20-38)44-24-12-16-36-14-8-10-22-42(36)44;1-29-11-9-17-37(27-29)39(33-13-5-3-6-14-33)35-23-19-31(20-24-35)32-21-25-36(26-22-32)40(34-15-7-4-8-16-34)38-18-10-12-30(2)28-38;1-2-3;/h1-36H;1-32H;3-28H,1-2H3;3H;1H3/i;;;;1TD. The molecule has 0 aliphatic heterocycles. The molecule has 3 aromatic heterocycles. The molecule has 706 valence electrons. The molecule has 0 spiro atoms. The highest BCUT2D eigenvalue weighted by molar-refractivity contribution is 7.05. The van der Waals surface area contributed by atoms with E-state index in [1.54, 1.807) is 0 Å². The number of para-hydroxylation sites is 10. The molecule has 1 unspecified atom stereocenters. The van der Waals surface area contributed by atoms with Crippen LogP contribution in [0.1, 0.15) is 11.1 Å². The first-order valence-corrected chi connectivity index (χ1v) is 50.2. The molecule has 12 heteroatoms. The van der Waals surface area contributed by atoms with E-state index < -0.39 is 9.79 Å². The highest BCUT2D eigenvalue weighted by Crippen LogP contribution is 2.47. The Hall–Kier alpha value is -18.4. The van der Waals surface area contributed by atoms with Gasteiger partial charge >= 0.3 is 0 Å². The first kappa shape index (κ1) is 92.0. The van der Waals surface area contributed by atoms with Gasteiger partial charge in [0.1, 0.15) is 0 Å². The number of hydrogen-bond acceptors (Lipinski definition) is 6. The molecular formula is C136H104BN9P2. The maximum absolute atomic E-state index is 5.90. The van der Waals surface area contributed by atoms with Crippen LogP contribution in [-0.4, -0.2) is 24.2 Å². The molecule has 1 atom stereocenters. The first-order valence-electron chi connectivity index (χ1n) is 50.7. The topological polar surface area (TPSA) is 43.4 Å². The van der Waals surface area contributed by atoms with Crippen LogP contribution in [0, 0.1) is 13.8 Å². The summed E-state index contributed by atoms with van der Waals surface area (Å²) in [5, 5.41) is 12.5. The number of fused-ring (bicyclic) bond motifs is 11. The fraction of sp³-hybridized carbons (Fsp3) is 0.0147. The second-order valence-electron chi connectivity index (χ2n) is 36.7. The van der Waals surface area contributed by atoms with Gasteiger partial charge in [-0.2, -0.15) is 9.79 Å². The molecule has 0 N–H and O–H groups in total. The molecule has 0 aliphatic rings. The minimum absolute atomic E-state index is 0.417. The molecule has 0 saturated carbocycles. The van der Waals surface area contributed by atoms with Gasteiger partial charge in [0.05, 0.1) is 47.0 Å². The number of anilines is 15. The Kier molecular flexibility index (Phi) is 26.7. The average molecular weight is 1940 g/mol. The van der Waals surface area contributed by atoms with Crippen LogP contribution >= 0.6 is 18.8 Å². The second-order valence-corrected chi connectivity index (χ2v) is 36.9. The number of nitrogens with zero attached hydrogens (tertiary/aromatic N) is 9. The van der Waals surface area contributed by atoms with Crippen LogP contribution in [0.2, 0.25) is 0 Å². The van der Waals surface area contributed by atoms with Gasteiger partial charge in [-0.25, -0.2) is 0 Å². The van der Waals surface area contributed by atoms with Crippen LogP contribution in [0.5, 0.6) is 0 Å². The third-order valence-electron chi connectivity index (χ3n) is 27.6. The quantitative estimate of drug-likeness (QED) is 0.0562. The van der Waals surface area contributed by atoms with Gasteiger partial charge in [-0.3, -0.25) is 0 Å². The summed E-state index contributed by atoms with van der Waals surface area (Å²) in [6.45, 7) is 4.27. The molecular weight excluding hydrogens is 1830 g/mol. The van der Waals surface area contributed by atoms with Gasteiger partial charge in [0.25, 0.3) is 7.98 Å². The second kappa shape index (κ2) is 43.0. The van der Waals surface area contributed by atoms with Crippen molar-refractivity contribution < 1.29 is 0 Å². The van der Waals surface area contributed by atoms with E-state index in [2.05, 4.69) is 644 Å². The molecule has 9 nitrogen and oxygen atoms in total. The van der Waals surface area contributed by atoms with Crippen molar-refractivity contribution in [3.05, 3.63) is 581 Å². The van der Waals surface area contributed by atoms with Gasteiger partial charge in [-0.05, 0) is 310 Å². The summed E-state index contributed by atoms with van der Waals surface area (Å²) in [4.78, 5) is 11.7. The van der Waals surface area contributed by atoms with E-state index in [0.717, 1.165) is 102 Å². The van der Waals surface area contributed by atoms with Crippen molar-refractivity contribution in [2.24, 2.45) is 4.66 Å². The fourth-order valence-corrected chi connectivity index (χ4v) is 20.9. The van der Waals surface area contributed by atoms with Gasteiger partial charge in [0.2, 0.25) is 0 Å². The van der Waals surface area contributed by atoms with Gasteiger partial charge in [0.15, 0.2) is 0 Å². The zero-order chi connectivity index (χ0) is 102. The van der Waals surface area contributed by atoms with Gasteiger partial charge in [-0.15, -0.1) is 0 Å². The molecule has 148 heavy (non-hydrogen) atoms. The summed E-state index contributed by atoms with van der Waals surface area (Å²) in [6, 6.07) is 204. The lowest BCUT2D eigenvalue weighted by molar-refractivity contribution is 1.16. The predicted octanol–water partition coefficient (Wildman–Crippen LogP) is 38.4. The Morgan fingerprint density at radius 3 is 0.635 bits per heavy atom. The molecule has 26 aromatic rings. The Bertz CT molecular complexity index is 8340. The normalized spacial score (nSPS) is 11.3. The van der Waals surface area contributed by atoms with Crippen molar-refractivity contribution in [1.29, 1.82) is 2.56 Å². The summed E-state index contributed by atoms with van der Waals surface area (Å²) in [5.74, 6) is 0. The zero-order valence-corrected chi connectivity index (χ0v) is 83.9. The van der Waals surface area contributed by atoms with Crippen molar-refractivity contribution in [3.63, 3.8) is 0 Å². The minimum Gasteiger partial charge on any atom is -0.344 e. The molecule has 0 fully saturated rings. The summed E-state index contributed by atoms with van der Waals surface area (Å²) in [5.41, 5.74) is 34.7. The molecule has 0 aliphatic carbocycles. The third kappa shape index (κ3) is 19.0. The van der Waals surface area contributed by atoms with Crippen LogP contribution in [0.15, 0.2) is 575 Å². The monoisotopic (exact) mass is 1940 g/mol. The summed E-state index contributed by atoms with van der Waals surface area (Å²) in [7, 11) is 6.56. The minimum atomic E-state index is -0.417. The van der Waals surface area contributed by atoms with Crippen LogP contribution in [0.3, 0.4) is 0 Å². The van der Waals surface area contributed by atoms with Crippen LogP contribution < -0.4 is 24.5 Å². The Morgan fingerprint density at radius 2 is 0.385 bits per heavy atom. The SMILES string of the molecule is Cc1cccc(N(c2ccccc2)c2ccc(-c3ccc(N(c4ccccc4)c4cccc(C)c4)cc3)cc2)c1.[2H]P[3H].[B]N=P.c1ccc(N(c2ccc(-c3ccc(N(c4ccccc4)c4cccc5ccccc45)cc3)cc2)c2cccc3ccccc23)cc1.c1ccc2c(c1)c1ccccc1n2-c1ccc(N(c2ccc(-n3c4ccccc4c4ccccc43)cc2)c2ccc(-n3c4ccccc4c4ccccc43)cc2)cc1. The van der Waals surface area contributed by atoms with Crippen molar-refractivity contribution >= 4 is 199 Å². The van der Waals surface area contributed by atoms with E-state index in [-0.39, 0.29) is 0 Å². The molecule has 0 bridgehead atoms. The number of aryl methyl sites for hydroxylation is 2. The van der Waals surface area contributed by atoms with Crippen LogP contribution in [-0.2, 0) is 0 Å². The lowest BCUT2D eigenvalue weighted by Crippen LogP contribution is -2.10. The number of benzene rings is 23. The van der Waals surface area contributed by atoms with Crippen molar-refractivity contribution in [3.8, 4) is 39.3 Å². The zero-order valence-electron chi connectivity index (χ0n) is 83.9. The van der Waals surface area contributed by atoms with Gasteiger partial charge in [0, 0.05) is 134 Å². The molecule has 0 amide bonds. The molecule has 26 rings (SSSR count). The fourth-order valence-electron chi connectivity index (χ4n) is 20.9. The van der Waals surface area contributed by atoms with E-state index >= 15 is 0 Å². The number of rotatable bonds is 20. The summed E-state index contributed by atoms with van der Waals surface area (Å²) < 4.78 is 21.7. The molecule has 3 heterocycles. The highest BCUT2D eigenvalue weighted by Gasteiger charge is 2.24. The largest absolute Gasteiger partial charge is 0.344 e. The maximum atomic E-state index is 5.90. The third-order valence-corrected chi connectivity index (χ3v) is 27.6. The van der Waals surface area contributed by atoms with E-state index in [0.29, 0.717) is 0 Å². The highest BCUT2D eigenvalue weighted by atomic mass is 31.0. The van der Waals surface area contributed by atoms with E-state index in [4.69, 9.17) is 2.56 Å². The van der Waals surface area contributed by atoms with Gasteiger partial charge in [-0.1, -0.05) is 328 Å². The first-order chi connectivity index (χ1) is 74.1. The van der Waals surface area contributed by atoms with E-state index in [1.165, 1.54) is 120 Å². The summed E-state index contributed by atoms with van der Waals surface area (Å²) >= 11 is 0. The van der Waals surface area contributed by atoms with E-state index in [1.807, 2.05) is 0 Å². The molecule has 0 saturated heterocycles. The van der Waals surface area contributed by atoms with Crippen molar-refractivity contribution in [2.45, 2.75) is 13.8 Å². The number of aromatic nitrogens is 3. The predicted molar refractivity (Wildman–Crippen MR) is 639 cm³/mol. The van der Waals surface area contributed by atoms with Crippen LogP contribution in [0.25, 0.3) is 126 Å². The smallest absolute Gasteiger partial charge is 0.265 e. The van der Waals surface area contributed by atoms with E-state index in [9.17, 15) is 0 Å². The molecule has 2 radical (unpaired) electrons. The lowest BCUT2D eigenvalue weighted by Gasteiger charge is -2.27. The Labute approximate surface area is 872 Å². The van der Waals surface area contributed by atoms with Gasteiger partial charge < -0.3 is 42.9 Å². The lowest BCUT2D eigenvalue weighted by atomic mass is 10.0. The van der Waals surface area contributed by atoms with Crippen molar-refractivity contribution in [2.75, 3.05) is 24.5 Å². The average Bonchev–Trinajstić information content (AvgIpc) is 1.66. The summed E-state index contributed by atoms with van der Waals surface area (Å²) in [6.07, 6.45) is 0.